The van der Waals surface area contributed by atoms with Gasteiger partial charge < -0.3 is 9.30 Å². The Morgan fingerprint density at radius 2 is 1.74 bits per heavy atom. The zero-order valence-corrected chi connectivity index (χ0v) is 13.7. The standard InChI is InChI=1S/C20H20N2O/c1-15-6-7-17(13-16(15)2)21-14-19-5-4-12-22(19)18-8-10-20(23-3)11-9-18/h4-14H,1-3H3. The Bertz CT molecular complexity index is 829. The number of hydrogen-bond acceptors (Lipinski definition) is 2. The van der Waals surface area contributed by atoms with Gasteiger partial charge in [-0.15, -0.1) is 0 Å². The van der Waals surface area contributed by atoms with Crippen molar-refractivity contribution in [3.63, 3.8) is 0 Å². The fourth-order valence-electron chi connectivity index (χ4n) is 2.42. The van der Waals surface area contributed by atoms with Crippen molar-refractivity contribution in [2.75, 3.05) is 7.11 Å². The lowest BCUT2D eigenvalue weighted by Gasteiger charge is -2.07. The first-order chi connectivity index (χ1) is 11.2. The smallest absolute Gasteiger partial charge is 0.119 e. The number of aryl methyl sites for hydroxylation is 2. The predicted molar refractivity (Wildman–Crippen MR) is 95.5 cm³/mol. The van der Waals surface area contributed by atoms with Crippen LogP contribution in [0.5, 0.6) is 5.75 Å². The molecule has 0 saturated heterocycles. The third-order valence-corrected chi connectivity index (χ3v) is 3.97. The van der Waals surface area contributed by atoms with Crippen LogP contribution in [0.3, 0.4) is 0 Å². The molecule has 0 N–H and O–H groups in total. The van der Waals surface area contributed by atoms with Crippen molar-refractivity contribution < 1.29 is 4.74 Å². The second kappa shape index (κ2) is 6.53. The first kappa shape index (κ1) is 15.1. The minimum Gasteiger partial charge on any atom is -0.497 e. The van der Waals surface area contributed by atoms with E-state index in [1.807, 2.05) is 48.8 Å². The van der Waals surface area contributed by atoms with Crippen LogP contribution in [0, 0.1) is 13.8 Å². The molecule has 0 spiro atoms. The van der Waals surface area contributed by atoms with E-state index in [-0.39, 0.29) is 0 Å². The van der Waals surface area contributed by atoms with E-state index in [1.54, 1.807) is 7.11 Å². The molecule has 0 radical (unpaired) electrons. The SMILES string of the molecule is COc1ccc(-n2cccc2C=Nc2ccc(C)c(C)c2)cc1. The van der Waals surface area contributed by atoms with Crippen LogP contribution in [-0.4, -0.2) is 17.9 Å². The fourth-order valence-corrected chi connectivity index (χ4v) is 2.42. The van der Waals surface area contributed by atoms with E-state index in [4.69, 9.17) is 4.74 Å². The van der Waals surface area contributed by atoms with Gasteiger partial charge in [-0.2, -0.15) is 0 Å². The summed E-state index contributed by atoms with van der Waals surface area (Å²) in [5, 5.41) is 0. The molecule has 0 aliphatic carbocycles. The summed E-state index contributed by atoms with van der Waals surface area (Å²) in [5.74, 6) is 0.853. The minimum absolute atomic E-state index is 0.853. The average Bonchev–Trinajstić information content (AvgIpc) is 3.04. The topological polar surface area (TPSA) is 26.5 Å². The van der Waals surface area contributed by atoms with Crippen molar-refractivity contribution in [2.45, 2.75) is 13.8 Å². The first-order valence-electron chi connectivity index (χ1n) is 7.60. The maximum Gasteiger partial charge on any atom is 0.119 e. The summed E-state index contributed by atoms with van der Waals surface area (Å²) in [6.45, 7) is 4.21. The highest BCUT2D eigenvalue weighted by Gasteiger charge is 2.02. The number of benzene rings is 2. The molecule has 0 unspecified atom stereocenters. The molecule has 0 atom stereocenters. The Hall–Kier alpha value is -2.81. The van der Waals surface area contributed by atoms with Gasteiger partial charge in [0.05, 0.1) is 24.7 Å². The molecule has 0 saturated carbocycles. The molecular formula is C20H20N2O. The number of aromatic nitrogens is 1. The van der Waals surface area contributed by atoms with Crippen LogP contribution in [-0.2, 0) is 0 Å². The third kappa shape index (κ3) is 3.34. The predicted octanol–water partition coefficient (Wildman–Crippen LogP) is 4.85. The van der Waals surface area contributed by atoms with Crippen LogP contribution in [0.15, 0.2) is 65.8 Å². The van der Waals surface area contributed by atoms with Gasteiger partial charge in [-0.05, 0) is 73.5 Å². The summed E-state index contributed by atoms with van der Waals surface area (Å²) < 4.78 is 7.31. The van der Waals surface area contributed by atoms with E-state index < -0.39 is 0 Å². The van der Waals surface area contributed by atoms with Crippen LogP contribution in [0.4, 0.5) is 5.69 Å². The van der Waals surface area contributed by atoms with E-state index >= 15 is 0 Å². The number of hydrogen-bond donors (Lipinski definition) is 0. The highest BCUT2D eigenvalue weighted by atomic mass is 16.5. The van der Waals surface area contributed by atoms with Crippen molar-refractivity contribution in [3.05, 3.63) is 77.6 Å². The van der Waals surface area contributed by atoms with Gasteiger partial charge in [-0.3, -0.25) is 4.99 Å². The molecule has 3 aromatic rings. The Balaban J connectivity index is 1.88. The zero-order chi connectivity index (χ0) is 16.2. The molecule has 3 heteroatoms. The monoisotopic (exact) mass is 304 g/mol. The van der Waals surface area contributed by atoms with Gasteiger partial charge in [0.2, 0.25) is 0 Å². The number of aliphatic imine (C=N–C) groups is 1. The Kier molecular flexibility index (Phi) is 4.29. The zero-order valence-electron chi connectivity index (χ0n) is 13.7. The van der Waals surface area contributed by atoms with E-state index in [0.717, 1.165) is 22.8 Å². The lowest BCUT2D eigenvalue weighted by atomic mass is 10.1. The van der Waals surface area contributed by atoms with Crippen LogP contribution in [0.2, 0.25) is 0 Å². The molecule has 0 bridgehead atoms. The molecule has 0 aliphatic rings. The first-order valence-corrected chi connectivity index (χ1v) is 7.60. The third-order valence-electron chi connectivity index (χ3n) is 3.97. The molecule has 0 fully saturated rings. The number of nitrogens with zero attached hydrogens (tertiary/aromatic N) is 2. The molecular weight excluding hydrogens is 284 g/mol. The van der Waals surface area contributed by atoms with E-state index in [1.165, 1.54) is 11.1 Å². The van der Waals surface area contributed by atoms with Gasteiger partial charge in [0.15, 0.2) is 0 Å². The second-order valence-corrected chi connectivity index (χ2v) is 5.53. The maximum absolute atomic E-state index is 5.21. The number of rotatable bonds is 4. The summed E-state index contributed by atoms with van der Waals surface area (Å²) >= 11 is 0. The second-order valence-electron chi connectivity index (χ2n) is 5.53. The van der Waals surface area contributed by atoms with Crippen molar-refractivity contribution >= 4 is 11.9 Å². The lowest BCUT2D eigenvalue weighted by Crippen LogP contribution is -1.97. The molecule has 3 rings (SSSR count). The molecule has 2 aromatic carbocycles. The van der Waals surface area contributed by atoms with Crippen LogP contribution < -0.4 is 4.74 Å². The van der Waals surface area contributed by atoms with Crippen molar-refractivity contribution in [1.82, 2.24) is 4.57 Å². The Morgan fingerprint density at radius 3 is 2.43 bits per heavy atom. The molecule has 1 aromatic heterocycles. The summed E-state index contributed by atoms with van der Waals surface area (Å²) in [5.41, 5.74) is 5.62. The summed E-state index contributed by atoms with van der Waals surface area (Å²) in [6.07, 6.45) is 3.93. The quantitative estimate of drug-likeness (QED) is 0.633. The van der Waals surface area contributed by atoms with E-state index in [2.05, 4.69) is 41.6 Å². The van der Waals surface area contributed by atoms with Crippen molar-refractivity contribution in [3.8, 4) is 11.4 Å². The molecule has 0 aliphatic heterocycles. The van der Waals surface area contributed by atoms with E-state index in [9.17, 15) is 0 Å². The number of methoxy groups -OCH3 is 1. The van der Waals surface area contributed by atoms with Gasteiger partial charge in [0.25, 0.3) is 0 Å². The van der Waals surface area contributed by atoms with Crippen molar-refractivity contribution in [1.29, 1.82) is 0 Å². The van der Waals surface area contributed by atoms with Gasteiger partial charge in [0, 0.05) is 11.9 Å². The van der Waals surface area contributed by atoms with Gasteiger partial charge in [0.1, 0.15) is 5.75 Å². The van der Waals surface area contributed by atoms with Crippen LogP contribution in [0.1, 0.15) is 16.8 Å². The summed E-state index contributed by atoms with van der Waals surface area (Å²) in [7, 11) is 1.67. The largest absolute Gasteiger partial charge is 0.497 e. The van der Waals surface area contributed by atoms with Crippen LogP contribution >= 0.6 is 0 Å². The normalized spacial score (nSPS) is 11.1. The Labute approximate surface area is 136 Å². The van der Waals surface area contributed by atoms with Gasteiger partial charge in [-0.25, -0.2) is 0 Å². The summed E-state index contributed by atoms with van der Waals surface area (Å²) in [4.78, 5) is 4.60. The van der Waals surface area contributed by atoms with Crippen molar-refractivity contribution in [2.24, 2.45) is 4.99 Å². The van der Waals surface area contributed by atoms with Gasteiger partial charge in [-0.1, -0.05) is 6.07 Å². The van der Waals surface area contributed by atoms with Crippen LogP contribution in [0.25, 0.3) is 5.69 Å². The highest BCUT2D eigenvalue weighted by Crippen LogP contribution is 2.19. The van der Waals surface area contributed by atoms with E-state index in [0.29, 0.717) is 0 Å². The minimum atomic E-state index is 0.853. The molecule has 23 heavy (non-hydrogen) atoms. The molecule has 1 heterocycles. The highest BCUT2D eigenvalue weighted by molar-refractivity contribution is 5.81. The average molecular weight is 304 g/mol. The van der Waals surface area contributed by atoms with Gasteiger partial charge >= 0.3 is 0 Å². The maximum atomic E-state index is 5.21. The molecule has 3 nitrogen and oxygen atoms in total. The fraction of sp³-hybridized carbons (Fsp3) is 0.150. The molecule has 116 valence electrons. The molecule has 0 amide bonds. The lowest BCUT2D eigenvalue weighted by molar-refractivity contribution is 0.415. The Morgan fingerprint density at radius 1 is 0.957 bits per heavy atom. The summed E-state index contributed by atoms with van der Waals surface area (Å²) in [6, 6.07) is 18.3. The number of ether oxygens (including phenoxy) is 1.